The number of halogens is 1. The standard InChI is InChI=1S/C12H17BrOS/c1-7-6-9(13)11(15-7)10(14)8(2)12(3,4)5/h6,8H,1-5H3. The van der Waals surface area contributed by atoms with Gasteiger partial charge in [0.05, 0.1) is 4.88 Å². The maximum atomic E-state index is 12.2. The highest BCUT2D eigenvalue weighted by Crippen LogP contribution is 2.34. The van der Waals surface area contributed by atoms with Gasteiger partial charge in [0, 0.05) is 15.3 Å². The van der Waals surface area contributed by atoms with Crippen LogP contribution in [-0.2, 0) is 0 Å². The molecule has 0 saturated carbocycles. The number of aryl methyl sites for hydroxylation is 1. The highest BCUT2D eigenvalue weighted by Gasteiger charge is 2.29. The lowest BCUT2D eigenvalue weighted by Crippen LogP contribution is -2.25. The summed E-state index contributed by atoms with van der Waals surface area (Å²) >= 11 is 5.01. The molecule has 0 N–H and O–H groups in total. The summed E-state index contributed by atoms with van der Waals surface area (Å²) in [6, 6.07) is 2.01. The zero-order valence-electron chi connectivity index (χ0n) is 9.85. The Bertz CT molecular complexity index is 373. The van der Waals surface area contributed by atoms with Gasteiger partial charge in [0.1, 0.15) is 0 Å². The average Bonchev–Trinajstić information content (AvgIpc) is 2.41. The van der Waals surface area contributed by atoms with E-state index in [0.29, 0.717) is 0 Å². The van der Waals surface area contributed by atoms with E-state index in [4.69, 9.17) is 0 Å². The molecule has 1 aromatic rings. The van der Waals surface area contributed by atoms with Gasteiger partial charge in [-0.3, -0.25) is 4.79 Å². The van der Waals surface area contributed by atoms with Crippen LogP contribution in [0.3, 0.4) is 0 Å². The molecule has 0 fully saturated rings. The Morgan fingerprint density at radius 3 is 2.33 bits per heavy atom. The predicted molar refractivity (Wildman–Crippen MR) is 69.7 cm³/mol. The van der Waals surface area contributed by atoms with Crippen molar-refractivity contribution in [2.24, 2.45) is 11.3 Å². The molecule has 1 rings (SSSR count). The van der Waals surface area contributed by atoms with Crippen LogP contribution in [0.15, 0.2) is 10.5 Å². The molecule has 1 unspecified atom stereocenters. The van der Waals surface area contributed by atoms with Crippen LogP contribution in [0.5, 0.6) is 0 Å². The van der Waals surface area contributed by atoms with E-state index in [0.717, 1.165) is 9.35 Å². The van der Waals surface area contributed by atoms with E-state index in [-0.39, 0.29) is 17.1 Å². The Hall–Kier alpha value is -0.150. The van der Waals surface area contributed by atoms with E-state index in [9.17, 15) is 4.79 Å². The Kier molecular flexibility index (Phi) is 3.77. The molecule has 1 nitrogen and oxygen atoms in total. The monoisotopic (exact) mass is 288 g/mol. The third kappa shape index (κ3) is 2.91. The Morgan fingerprint density at radius 1 is 1.47 bits per heavy atom. The van der Waals surface area contributed by atoms with Crippen molar-refractivity contribution in [2.75, 3.05) is 0 Å². The van der Waals surface area contributed by atoms with Crippen molar-refractivity contribution in [1.82, 2.24) is 0 Å². The minimum Gasteiger partial charge on any atom is -0.293 e. The van der Waals surface area contributed by atoms with Crippen LogP contribution < -0.4 is 0 Å². The third-order valence-corrected chi connectivity index (χ3v) is 4.68. The van der Waals surface area contributed by atoms with Gasteiger partial charge in [0.25, 0.3) is 0 Å². The summed E-state index contributed by atoms with van der Waals surface area (Å²) in [7, 11) is 0. The van der Waals surface area contributed by atoms with Crippen molar-refractivity contribution in [3.8, 4) is 0 Å². The largest absolute Gasteiger partial charge is 0.293 e. The van der Waals surface area contributed by atoms with Gasteiger partial charge in [0.15, 0.2) is 5.78 Å². The first-order chi connectivity index (χ1) is 6.73. The van der Waals surface area contributed by atoms with Crippen LogP contribution in [0.4, 0.5) is 0 Å². The maximum Gasteiger partial charge on any atom is 0.177 e. The molecule has 0 aromatic carbocycles. The molecule has 0 radical (unpaired) electrons. The Morgan fingerprint density at radius 2 is 2.00 bits per heavy atom. The second-order valence-electron chi connectivity index (χ2n) is 4.99. The summed E-state index contributed by atoms with van der Waals surface area (Å²) in [5.74, 6) is 0.291. The normalized spacial score (nSPS) is 14.0. The number of hydrogen-bond donors (Lipinski definition) is 0. The lowest BCUT2D eigenvalue weighted by Gasteiger charge is -2.25. The molecule has 1 aromatic heterocycles. The lowest BCUT2D eigenvalue weighted by molar-refractivity contribution is 0.0843. The number of carbonyl (C=O) groups is 1. The minimum atomic E-state index is 0.0222. The summed E-state index contributed by atoms with van der Waals surface area (Å²) in [6.45, 7) is 10.3. The molecule has 0 aliphatic rings. The van der Waals surface area contributed by atoms with Crippen molar-refractivity contribution < 1.29 is 4.79 Å². The van der Waals surface area contributed by atoms with Crippen molar-refractivity contribution in [3.63, 3.8) is 0 Å². The molecule has 0 aliphatic heterocycles. The minimum absolute atomic E-state index is 0.0222. The number of carbonyl (C=O) groups excluding carboxylic acids is 1. The van der Waals surface area contributed by atoms with Crippen LogP contribution in [0, 0.1) is 18.3 Å². The molecule has 0 amide bonds. The number of hydrogen-bond acceptors (Lipinski definition) is 2. The smallest absolute Gasteiger partial charge is 0.177 e. The Balaban J connectivity index is 3.00. The van der Waals surface area contributed by atoms with E-state index in [1.807, 2.05) is 19.9 Å². The Labute approximate surface area is 104 Å². The van der Waals surface area contributed by atoms with Crippen LogP contribution in [-0.4, -0.2) is 5.78 Å². The highest BCUT2D eigenvalue weighted by atomic mass is 79.9. The molecule has 0 bridgehead atoms. The van der Waals surface area contributed by atoms with Gasteiger partial charge in [-0.2, -0.15) is 0 Å². The zero-order chi connectivity index (χ0) is 11.8. The summed E-state index contributed by atoms with van der Waals surface area (Å²) in [6.07, 6.45) is 0. The van der Waals surface area contributed by atoms with Crippen LogP contribution in [0.25, 0.3) is 0 Å². The second kappa shape index (κ2) is 4.38. The van der Waals surface area contributed by atoms with Gasteiger partial charge in [-0.1, -0.05) is 27.7 Å². The summed E-state index contributed by atoms with van der Waals surface area (Å²) in [5.41, 5.74) is 0.0222. The van der Waals surface area contributed by atoms with Crippen LogP contribution >= 0.6 is 27.3 Å². The molecule has 1 atom stereocenters. The fourth-order valence-corrected chi connectivity index (χ4v) is 3.11. The lowest BCUT2D eigenvalue weighted by atomic mass is 9.79. The van der Waals surface area contributed by atoms with Gasteiger partial charge >= 0.3 is 0 Å². The molecule has 1 heterocycles. The van der Waals surface area contributed by atoms with Crippen molar-refractivity contribution in [3.05, 3.63) is 20.3 Å². The second-order valence-corrected chi connectivity index (χ2v) is 7.10. The van der Waals surface area contributed by atoms with E-state index >= 15 is 0 Å². The fraction of sp³-hybridized carbons (Fsp3) is 0.583. The van der Waals surface area contributed by atoms with Crippen LogP contribution in [0.2, 0.25) is 0 Å². The number of Topliss-reactive ketones (excluding diaryl/α,β-unsaturated/α-hetero) is 1. The highest BCUT2D eigenvalue weighted by molar-refractivity contribution is 9.10. The van der Waals surface area contributed by atoms with E-state index < -0.39 is 0 Å². The first-order valence-electron chi connectivity index (χ1n) is 5.03. The first kappa shape index (κ1) is 12.9. The summed E-state index contributed by atoms with van der Waals surface area (Å²) < 4.78 is 0.936. The third-order valence-electron chi connectivity index (χ3n) is 2.73. The van der Waals surface area contributed by atoms with Gasteiger partial charge in [-0.05, 0) is 34.3 Å². The van der Waals surface area contributed by atoms with E-state index in [1.54, 1.807) is 11.3 Å². The summed E-state index contributed by atoms with van der Waals surface area (Å²) in [4.78, 5) is 14.2. The topological polar surface area (TPSA) is 17.1 Å². The predicted octanol–water partition coefficient (Wildman–Crippen LogP) is 4.68. The summed E-state index contributed by atoms with van der Waals surface area (Å²) in [5, 5.41) is 0. The number of rotatable bonds is 2. The molecule has 0 spiro atoms. The van der Waals surface area contributed by atoms with Gasteiger partial charge in [0.2, 0.25) is 0 Å². The molecule has 3 heteroatoms. The number of thiophene rings is 1. The number of ketones is 1. The van der Waals surface area contributed by atoms with Gasteiger partial charge in [-0.25, -0.2) is 0 Å². The van der Waals surface area contributed by atoms with Crippen molar-refractivity contribution in [2.45, 2.75) is 34.6 Å². The van der Waals surface area contributed by atoms with Crippen molar-refractivity contribution >= 4 is 33.0 Å². The average molecular weight is 289 g/mol. The zero-order valence-corrected chi connectivity index (χ0v) is 12.3. The molecule has 15 heavy (non-hydrogen) atoms. The fourth-order valence-electron chi connectivity index (χ4n) is 1.24. The molecular weight excluding hydrogens is 272 g/mol. The molecule has 0 saturated heterocycles. The van der Waals surface area contributed by atoms with E-state index in [2.05, 4.69) is 36.7 Å². The molecule has 84 valence electrons. The van der Waals surface area contributed by atoms with Gasteiger partial charge < -0.3 is 0 Å². The maximum absolute atomic E-state index is 12.2. The van der Waals surface area contributed by atoms with Gasteiger partial charge in [-0.15, -0.1) is 11.3 Å². The SMILES string of the molecule is Cc1cc(Br)c(C(=O)C(C)C(C)(C)C)s1. The quantitative estimate of drug-likeness (QED) is 0.722. The molecular formula is C12H17BrOS. The van der Waals surface area contributed by atoms with E-state index in [1.165, 1.54) is 4.88 Å². The van der Waals surface area contributed by atoms with Crippen LogP contribution in [0.1, 0.15) is 42.2 Å². The molecule has 0 aliphatic carbocycles. The van der Waals surface area contributed by atoms with Crippen molar-refractivity contribution in [1.29, 1.82) is 0 Å². The first-order valence-corrected chi connectivity index (χ1v) is 6.64.